The highest BCUT2D eigenvalue weighted by Gasteiger charge is 2.31. The van der Waals surface area contributed by atoms with E-state index < -0.39 is 28.5 Å². The number of hydrogen-bond acceptors (Lipinski definition) is 4. The minimum absolute atomic E-state index is 0.0296. The zero-order valence-electron chi connectivity index (χ0n) is 12.3. The number of aliphatic carboxylic acids is 1. The molecule has 1 aromatic rings. The molecule has 1 unspecified atom stereocenters. The number of hydrogen-bond donors (Lipinski definition) is 2. The first kappa shape index (κ1) is 16.7. The summed E-state index contributed by atoms with van der Waals surface area (Å²) in [7, 11) is 1.32. The van der Waals surface area contributed by atoms with Crippen molar-refractivity contribution in [2.75, 3.05) is 6.54 Å². The summed E-state index contributed by atoms with van der Waals surface area (Å²) >= 11 is 0. The van der Waals surface area contributed by atoms with Crippen molar-refractivity contribution in [3.8, 4) is 0 Å². The molecule has 0 aliphatic rings. The highest BCUT2D eigenvalue weighted by atomic mass is 16.4. The molecule has 0 saturated heterocycles. The molecule has 0 spiro atoms. The minimum Gasteiger partial charge on any atom is -0.481 e. The van der Waals surface area contributed by atoms with Gasteiger partial charge >= 0.3 is 11.7 Å². The molecule has 116 valence electrons. The molecular weight excluding hydrogens is 278 g/mol. The van der Waals surface area contributed by atoms with Crippen molar-refractivity contribution >= 4 is 11.9 Å². The number of aromatic nitrogens is 2. The van der Waals surface area contributed by atoms with E-state index in [4.69, 9.17) is 5.11 Å². The van der Waals surface area contributed by atoms with Crippen LogP contribution in [-0.4, -0.2) is 32.7 Å². The van der Waals surface area contributed by atoms with Crippen LogP contribution in [0.25, 0.3) is 0 Å². The van der Waals surface area contributed by atoms with E-state index in [0.29, 0.717) is 6.42 Å². The fourth-order valence-corrected chi connectivity index (χ4v) is 1.59. The van der Waals surface area contributed by atoms with Crippen LogP contribution in [0.2, 0.25) is 0 Å². The second-order valence-corrected chi connectivity index (χ2v) is 5.12. The number of nitrogens with one attached hydrogen (secondary N) is 1. The zero-order chi connectivity index (χ0) is 16.2. The van der Waals surface area contributed by atoms with Crippen LogP contribution in [0.3, 0.4) is 0 Å². The van der Waals surface area contributed by atoms with Crippen molar-refractivity contribution in [2.24, 2.45) is 12.5 Å². The number of nitrogens with zero attached hydrogens (tertiary/aromatic N) is 2. The number of amides is 1. The lowest BCUT2D eigenvalue weighted by atomic mass is 9.88. The van der Waals surface area contributed by atoms with E-state index in [1.54, 1.807) is 6.92 Å². The Morgan fingerprint density at radius 3 is 2.52 bits per heavy atom. The predicted octanol–water partition coefficient (Wildman–Crippen LogP) is -0.836. The van der Waals surface area contributed by atoms with Gasteiger partial charge in [-0.2, -0.15) is 0 Å². The molecule has 0 radical (unpaired) electrons. The molecule has 0 fully saturated rings. The van der Waals surface area contributed by atoms with Crippen LogP contribution >= 0.6 is 0 Å². The van der Waals surface area contributed by atoms with Crippen molar-refractivity contribution in [3.05, 3.63) is 33.1 Å². The summed E-state index contributed by atoms with van der Waals surface area (Å²) in [5.74, 6) is -1.48. The predicted molar refractivity (Wildman–Crippen MR) is 75.0 cm³/mol. The third-order valence-electron chi connectivity index (χ3n) is 3.55. The maximum absolute atomic E-state index is 11.8. The number of carbonyl (C=O) groups is 2. The van der Waals surface area contributed by atoms with Gasteiger partial charge in [0.1, 0.15) is 6.54 Å². The van der Waals surface area contributed by atoms with Crippen molar-refractivity contribution in [3.63, 3.8) is 0 Å². The molecule has 0 bridgehead atoms. The van der Waals surface area contributed by atoms with Crippen LogP contribution in [0.5, 0.6) is 0 Å². The molecular formula is C13H19N3O5. The quantitative estimate of drug-likeness (QED) is 0.711. The maximum atomic E-state index is 11.8. The molecule has 1 aromatic heterocycles. The first-order valence-electron chi connectivity index (χ1n) is 6.48. The van der Waals surface area contributed by atoms with Crippen LogP contribution in [0.15, 0.2) is 21.9 Å². The second-order valence-electron chi connectivity index (χ2n) is 5.12. The highest BCUT2D eigenvalue weighted by Crippen LogP contribution is 2.19. The average Bonchev–Trinajstić information content (AvgIpc) is 2.45. The normalized spacial score (nSPS) is 13.5. The summed E-state index contributed by atoms with van der Waals surface area (Å²) in [6, 6.07) is 1.18. The van der Waals surface area contributed by atoms with Gasteiger partial charge in [0, 0.05) is 25.9 Å². The van der Waals surface area contributed by atoms with Gasteiger partial charge in [0.25, 0.3) is 5.56 Å². The smallest absolute Gasteiger partial charge is 0.331 e. The molecule has 1 amide bonds. The molecule has 1 atom stereocenters. The van der Waals surface area contributed by atoms with Crippen molar-refractivity contribution in [1.82, 2.24) is 14.5 Å². The fourth-order valence-electron chi connectivity index (χ4n) is 1.59. The van der Waals surface area contributed by atoms with Gasteiger partial charge < -0.3 is 10.4 Å². The van der Waals surface area contributed by atoms with E-state index in [2.05, 4.69) is 5.32 Å². The Morgan fingerprint density at radius 1 is 1.38 bits per heavy atom. The van der Waals surface area contributed by atoms with Crippen molar-refractivity contribution in [1.29, 1.82) is 0 Å². The Kier molecular flexibility index (Phi) is 5.07. The van der Waals surface area contributed by atoms with Crippen molar-refractivity contribution in [2.45, 2.75) is 26.8 Å². The molecule has 0 aliphatic carbocycles. The Labute approximate surface area is 121 Å². The lowest BCUT2D eigenvalue weighted by Gasteiger charge is -2.23. The summed E-state index contributed by atoms with van der Waals surface area (Å²) < 4.78 is 1.97. The van der Waals surface area contributed by atoms with Crippen molar-refractivity contribution < 1.29 is 14.7 Å². The second kappa shape index (κ2) is 6.38. The number of carboxylic acid groups (broad SMARTS) is 1. The maximum Gasteiger partial charge on any atom is 0.331 e. The number of rotatable bonds is 6. The fraction of sp³-hybridized carbons (Fsp3) is 0.538. The van der Waals surface area contributed by atoms with Gasteiger partial charge in [-0.25, -0.2) is 4.79 Å². The minimum atomic E-state index is -1.05. The summed E-state index contributed by atoms with van der Waals surface area (Å²) in [6.45, 7) is 2.95. The number of carbonyl (C=O) groups excluding carboxylic acids is 1. The largest absolute Gasteiger partial charge is 0.481 e. The third kappa shape index (κ3) is 3.80. The standard InChI is InChI=1S/C13H19N3O5/c1-4-13(2,11(19)20)8-14-9(17)7-16-6-5-10(18)15(3)12(16)21/h5-6H,4,7-8H2,1-3H3,(H,14,17)(H,19,20). The van der Waals surface area contributed by atoms with Gasteiger partial charge in [0.05, 0.1) is 5.41 Å². The highest BCUT2D eigenvalue weighted by molar-refractivity contribution is 5.78. The lowest BCUT2D eigenvalue weighted by Crippen LogP contribution is -2.44. The summed E-state index contributed by atoms with van der Waals surface area (Å²) in [5, 5.41) is 11.6. The molecule has 1 heterocycles. The van der Waals surface area contributed by atoms with E-state index in [1.165, 1.54) is 26.2 Å². The summed E-state index contributed by atoms with van der Waals surface area (Å²) in [4.78, 5) is 45.9. The van der Waals surface area contributed by atoms with Crippen LogP contribution in [-0.2, 0) is 23.2 Å². The SMILES string of the molecule is CCC(C)(CNC(=O)Cn1ccc(=O)n(C)c1=O)C(=O)O. The first-order valence-corrected chi connectivity index (χ1v) is 6.48. The topological polar surface area (TPSA) is 110 Å². The lowest BCUT2D eigenvalue weighted by molar-refractivity contribution is -0.148. The average molecular weight is 297 g/mol. The Balaban J connectivity index is 2.76. The summed E-state index contributed by atoms with van der Waals surface area (Å²) in [6.07, 6.45) is 1.60. The molecule has 1 rings (SSSR count). The molecule has 8 nitrogen and oxygen atoms in total. The van der Waals surface area contributed by atoms with E-state index >= 15 is 0 Å². The Hall–Kier alpha value is -2.38. The summed E-state index contributed by atoms with van der Waals surface area (Å²) in [5.41, 5.74) is -2.11. The Bertz CT molecular complexity index is 661. The van der Waals surface area contributed by atoms with Gasteiger partial charge in [-0.3, -0.25) is 23.5 Å². The monoisotopic (exact) mass is 297 g/mol. The van der Waals surface area contributed by atoms with E-state index in [1.807, 2.05) is 0 Å². The van der Waals surface area contributed by atoms with Crippen LogP contribution in [0, 0.1) is 5.41 Å². The first-order chi connectivity index (χ1) is 9.71. The molecule has 0 saturated carbocycles. The van der Waals surface area contributed by atoms with Gasteiger partial charge in [-0.05, 0) is 13.3 Å². The van der Waals surface area contributed by atoms with Gasteiger partial charge in [0.2, 0.25) is 5.91 Å². The van der Waals surface area contributed by atoms with Gasteiger partial charge in [-0.15, -0.1) is 0 Å². The third-order valence-corrected chi connectivity index (χ3v) is 3.55. The number of carboxylic acids is 1. The molecule has 21 heavy (non-hydrogen) atoms. The molecule has 0 aliphatic heterocycles. The van der Waals surface area contributed by atoms with Gasteiger partial charge in [0.15, 0.2) is 0 Å². The van der Waals surface area contributed by atoms with E-state index in [0.717, 1.165) is 9.13 Å². The zero-order valence-corrected chi connectivity index (χ0v) is 12.3. The van der Waals surface area contributed by atoms with E-state index in [9.17, 15) is 19.2 Å². The van der Waals surface area contributed by atoms with Gasteiger partial charge in [-0.1, -0.05) is 6.92 Å². The molecule has 8 heteroatoms. The van der Waals surface area contributed by atoms with Crippen LogP contribution < -0.4 is 16.6 Å². The van der Waals surface area contributed by atoms with E-state index in [-0.39, 0.29) is 13.1 Å². The Morgan fingerprint density at radius 2 is 2.00 bits per heavy atom. The van der Waals surface area contributed by atoms with Crippen LogP contribution in [0.1, 0.15) is 20.3 Å². The molecule has 0 aromatic carbocycles. The molecule has 2 N–H and O–H groups in total. The van der Waals surface area contributed by atoms with Crippen LogP contribution in [0.4, 0.5) is 0 Å².